The van der Waals surface area contributed by atoms with Crippen LogP contribution in [0, 0.1) is 11.8 Å². The Hall–Kier alpha value is -2.13. The van der Waals surface area contributed by atoms with Crippen molar-refractivity contribution in [3.8, 4) is 0 Å². The highest BCUT2D eigenvalue weighted by molar-refractivity contribution is 7.89. The van der Waals surface area contributed by atoms with E-state index in [0.29, 0.717) is 12.1 Å². The fourth-order valence-electron chi connectivity index (χ4n) is 3.31. The van der Waals surface area contributed by atoms with Crippen molar-refractivity contribution >= 4 is 27.0 Å². The first-order valence-electron chi connectivity index (χ1n) is 8.08. The minimum absolute atomic E-state index is 0.0348. The van der Waals surface area contributed by atoms with E-state index in [1.807, 2.05) is 13.8 Å². The molecule has 0 bridgehead atoms. The smallest absolute Gasteiger partial charge is 0.408 e. The lowest BCUT2D eigenvalue weighted by atomic mass is 9.91. The number of oxazole rings is 1. The molecule has 2 atom stereocenters. The molecule has 1 amide bonds. The molecule has 2 aromatic rings. The summed E-state index contributed by atoms with van der Waals surface area (Å²) >= 11 is 0. The molecule has 3 rings (SSSR count). The lowest BCUT2D eigenvalue weighted by Gasteiger charge is -2.21. The zero-order chi connectivity index (χ0) is 18.4. The van der Waals surface area contributed by atoms with Crippen LogP contribution in [0.15, 0.2) is 32.3 Å². The van der Waals surface area contributed by atoms with E-state index < -0.39 is 15.8 Å². The Bertz CT molecular complexity index is 960. The molecule has 9 heteroatoms. The van der Waals surface area contributed by atoms with Crippen LogP contribution in [0.2, 0.25) is 0 Å². The second kappa shape index (κ2) is 6.30. The highest BCUT2D eigenvalue weighted by Crippen LogP contribution is 2.30. The Morgan fingerprint density at radius 1 is 1.36 bits per heavy atom. The van der Waals surface area contributed by atoms with E-state index in [1.54, 1.807) is 0 Å². The number of hydrogen-bond acceptors (Lipinski definition) is 5. The van der Waals surface area contributed by atoms with Gasteiger partial charge in [-0.1, -0.05) is 13.8 Å². The number of nitrogens with zero attached hydrogens (tertiary/aromatic N) is 1. The zero-order valence-electron chi connectivity index (χ0n) is 14.3. The molecular weight excluding hydrogens is 346 g/mol. The fraction of sp³-hybridized carbons (Fsp3) is 0.500. The monoisotopic (exact) mass is 367 g/mol. The van der Waals surface area contributed by atoms with E-state index in [0.717, 1.165) is 0 Å². The van der Waals surface area contributed by atoms with Gasteiger partial charge in [-0.2, -0.15) is 4.31 Å². The molecule has 1 aromatic carbocycles. The number of aromatic nitrogens is 1. The molecule has 8 nitrogen and oxygen atoms in total. The molecule has 136 valence electrons. The van der Waals surface area contributed by atoms with Crippen LogP contribution in [-0.4, -0.2) is 42.7 Å². The Kier molecular flexibility index (Phi) is 4.46. The molecule has 0 spiro atoms. The van der Waals surface area contributed by atoms with Crippen LogP contribution < -0.4 is 11.1 Å². The van der Waals surface area contributed by atoms with Crippen LogP contribution in [0.25, 0.3) is 11.1 Å². The number of nitrogens with one attached hydrogen (secondary N) is 2. The molecule has 1 aliphatic rings. The Labute approximate surface area is 145 Å². The van der Waals surface area contributed by atoms with Crippen LogP contribution in [0.4, 0.5) is 0 Å². The Morgan fingerprint density at radius 2 is 2.08 bits per heavy atom. The zero-order valence-corrected chi connectivity index (χ0v) is 15.1. The summed E-state index contributed by atoms with van der Waals surface area (Å²) in [6.45, 7) is 6.00. The number of carbonyl (C=O) groups excluding carboxylic acids is 1. The molecule has 25 heavy (non-hydrogen) atoms. The Balaban J connectivity index is 1.92. The summed E-state index contributed by atoms with van der Waals surface area (Å²) < 4.78 is 32.3. The van der Waals surface area contributed by atoms with Gasteiger partial charge in [0.15, 0.2) is 5.58 Å². The van der Waals surface area contributed by atoms with Crippen molar-refractivity contribution < 1.29 is 17.6 Å². The van der Waals surface area contributed by atoms with Crippen LogP contribution in [-0.2, 0) is 14.8 Å². The summed E-state index contributed by atoms with van der Waals surface area (Å²) in [4.78, 5) is 25.2. The molecule has 2 N–H and O–H groups in total. The first-order valence-corrected chi connectivity index (χ1v) is 9.52. The van der Waals surface area contributed by atoms with Crippen LogP contribution in [0.1, 0.15) is 20.8 Å². The maximum Gasteiger partial charge on any atom is 0.417 e. The van der Waals surface area contributed by atoms with Gasteiger partial charge in [0.25, 0.3) is 0 Å². The average molecular weight is 367 g/mol. The van der Waals surface area contributed by atoms with E-state index in [-0.39, 0.29) is 40.8 Å². The van der Waals surface area contributed by atoms with Gasteiger partial charge in [-0.15, -0.1) is 0 Å². The number of aromatic amines is 1. The van der Waals surface area contributed by atoms with Crippen LogP contribution in [0.3, 0.4) is 0 Å². The third-order valence-corrected chi connectivity index (χ3v) is 6.43. The maximum atomic E-state index is 13.0. The third-order valence-electron chi connectivity index (χ3n) is 4.61. The van der Waals surface area contributed by atoms with E-state index in [9.17, 15) is 18.0 Å². The van der Waals surface area contributed by atoms with Gasteiger partial charge in [0, 0.05) is 32.1 Å². The molecule has 1 saturated heterocycles. The second-order valence-corrected chi connectivity index (χ2v) is 8.65. The van der Waals surface area contributed by atoms with E-state index >= 15 is 0 Å². The highest BCUT2D eigenvalue weighted by Gasteiger charge is 2.41. The van der Waals surface area contributed by atoms with Gasteiger partial charge in [0.2, 0.25) is 15.9 Å². The van der Waals surface area contributed by atoms with Gasteiger partial charge in [0.1, 0.15) is 0 Å². The summed E-state index contributed by atoms with van der Waals surface area (Å²) in [5, 5.41) is 2.85. The molecule has 2 heterocycles. The first kappa shape index (κ1) is 17.7. The van der Waals surface area contributed by atoms with Crippen molar-refractivity contribution in [2.75, 3.05) is 13.1 Å². The van der Waals surface area contributed by atoms with Gasteiger partial charge in [-0.3, -0.25) is 9.78 Å². The number of H-pyrrole nitrogens is 1. The lowest BCUT2D eigenvalue weighted by molar-refractivity contribution is -0.119. The van der Waals surface area contributed by atoms with E-state index in [1.165, 1.54) is 29.4 Å². The predicted octanol–water partition coefficient (Wildman–Crippen LogP) is 0.902. The van der Waals surface area contributed by atoms with Crippen LogP contribution >= 0.6 is 0 Å². The topological polar surface area (TPSA) is 112 Å². The Morgan fingerprint density at radius 3 is 2.72 bits per heavy atom. The van der Waals surface area contributed by atoms with E-state index in [2.05, 4.69) is 10.3 Å². The van der Waals surface area contributed by atoms with Gasteiger partial charge in [-0.05, 0) is 24.0 Å². The number of benzene rings is 1. The lowest BCUT2D eigenvalue weighted by Crippen LogP contribution is -2.41. The van der Waals surface area contributed by atoms with Crippen molar-refractivity contribution in [2.45, 2.75) is 31.7 Å². The van der Waals surface area contributed by atoms with Crippen molar-refractivity contribution in [2.24, 2.45) is 11.8 Å². The molecular formula is C16H21N3O5S. The predicted molar refractivity (Wildman–Crippen MR) is 91.5 cm³/mol. The van der Waals surface area contributed by atoms with Gasteiger partial charge in [0.05, 0.1) is 10.4 Å². The highest BCUT2D eigenvalue weighted by atomic mass is 32.2. The molecule has 0 saturated carbocycles. The maximum absolute atomic E-state index is 13.0. The SMILES string of the molecule is CC(=O)N[C@@H]1CN(S(=O)(=O)c2ccc3[nH]c(=O)oc3c2)C[C@H]1C(C)C. The summed E-state index contributed by atoms with van der Waals surface area (Å²) in [5.41, 5.74) is 0.644. The molecule has 0 radical (unpaired) electrons. The molecule has 1 fully saturated rings. The quantitative estimate of drug-likeness (QED) is 0.834. The third kappa shape index (κ3) is 3.34. The number of rotatable bonds is 4. The average Bonchev–Trinajstić information content (AvgIpc) is 3.08. The minimum Gasteiger partial charge on any atom is -0.408 e. The number of sulfonamides is 1. The summed E-state index contributed by atoms with van der Waals surface area (Å²) in [5.74, 6) is -0.545. The van der Waals surface area contributed by atoms with Gasteiger partial charge in [-0.25, -0.2) is 13.2 Å². The number of carbonyl (C=O) groups is 1. The fourth-order valence-corrected chi connectivity index (χ4v) is 4.83. The molecule has 1 aliphatic heterocycles. The minimum atomic E-state index is -3.75. The number of fused-ring (bicyclic) bond motifs is 1. The second-order valence-electron chi connectivity index (χ2n) is 6.71. The largest absolute Gasteiger partial charge is 0.417 e. The van der Waals surface area contributed by atoms with Gasteiger partial charge < -0.3 is 9.73 Å². The normalized spacial score (nSPS) is 21.9. The summed E-state index contributed by atoms with van der Waals surface area (Å²) in [6.07, 6.45) is 0. The van der Waals surface area contributed by atoms with Crippen molar-refractivity contribution in [1.82, 2.24) is 14.6 Å². The van der Waals surface area contributed by atoms with Crippen molar-refractivity contribution in [1.29, 1.82) is 0 Å². The van der Waals surface area contributed by atoms with Gasteiger partial charge >= 0.3 is 5.76 Å². The van der Waals surface area contributed by atoms with Crippen LogP contribution in [0.5, 0.6) is 0 Å². The standard InChI is InChI=1S/C16H21N3O5S/c1-9(2)12-7-19(8-14(12)17-10(3)20)25(22,23)11-4-5-13-15(6-11)24-16(21)18-13/h4-6,9,12,14H,7-8H2,1-3H3,(H,17,20)(H,18,21)/t12-,14+/m0/s1. The molecule has 0 aliphatic carbocycles. The molecule has 0 unspecified atom stereocenters. The van der Waals surface area contributed by atoms with Crippen molar-refractivity contribution in [3.63, 3.8) is 0 Å². The number of hydrogen-bond donors (Lipinski definition) is 2. The summed E-state index contributed by atoms with van der Waals surface area (Å²) in [7, 11) is -3.75. The number of amides is 1. The van der Waals surface area contributed by atoms with Crippen molar-refractivity contribution in [3.05, 3.63) is 28.7 Å². The van der Waals surface area contributed by atoms with E-state index in [4.69, 9.17) is 4.42 Å². The first-order chi connectivity index (χ1) is 11.7. The molecule has 1 aromatic heterocycles. The summed E-state index contributed by atoms with van der Waals surface area (Å²) in [6, 6.07) is 4.08.